The number of hydrogen-bond acceptors (Lipinski definition) is 4. The number of carbonyl (C=O) groups excluding carboxylic acids is 2. The van der Waals surface area contributed by atoms with Crippen LogP contribution in [0.25, 0.3) is 0 Å². The number of anilines is 1. The van der Waals surface area contributed by atoms with E-state index in [0.717, 1.165) is 44.7 Å². The van der Waals surface area contributed by atoms with Gasteiger partial charge in [0.25, 0.3) is 0 Å². The lowest BCUT2D eigenvalue weighted by atomic mass is 9.89. The lowest BCUT2D eigenvalue weighted by Gasteiger charge is -2.36. The first-order valence-electron chi connectivity index (χ1n) is 10.3. The highest BCUT2D eigenvalue weighted by Gasteiger charge is 2.35. The van der Waals surface area contributed by atoms with Gasteiger partial charge in [-0.1, -0.05) is 18.2 Å². The molecule has 6 nitrogen and oxygen atoms in total. The van der Waals surface area contributed by atoms with Crippen molar-refractivity contribution >= 4 is 42.3 Å². The number of hydrogen-bond donors (Lipinski definition) is 2. The average molecular weight is 443 g/mol. The van der Waals surface area contributed by atoms with Crippen molar-refractivity contribution in [3.63, 3.8) is 0 Å². The normalized spacial score (nSPS) is 26.2. The van der Waals surface area contributed by atoms with Crippen molar-refractivity contribution in [1.82, 2.24) is 15.1 Å². The largest absolute Gasteiger partial charge is 0.340 e. The molecule has 0 radical (unpaired) electrons. The molecular weight excluding hydrogens is 411 g/mol. The molecule has 0 aliphatic carbocycles. The number of piperidine rings is 1. The quantitative estimate of drug-likeness (QED) is 0.734. The molecule has 4 rings (SSSR count). The third-order valence-corrected chi connectivity index (χ3v) is 6.18. The smallest absolute Gasteiger partial charge is 0.238 e. The summed E-state index contributed by atoms with van der Waals surface area (Å²) in [6, 6.07) is 10.8. The second kappa shape index (κ2) is 11.2. The predicted octanol–water partition coefficient (Wildman–Crippen LogP) is 2.53. The van der Waals surface area contributed by atoms with E-state index in [0.29, 0.717) is 36.9 Å². The number of amides is 2. The van der Waals surface area contributed by atoms with Crippen LogP contribution in [0.5, 0.6) is 0 Å². The Kier molecular flexibility index (Phi) is 9.21. The molecule has 3 aliphatic heterocycles. The van der Waals surface area contributed by atoms with Crippen LogP contribution in [0.2, 0.25) is 0 Å². The summed E-state index contributed by atoms with van der Waals surface area (Å²) in [6.45, 7) is 3.38. The van der Waals surface area contributed by atoms with Crippen LogP contribution in [0.15, 0.2) is 30.3 Å². The summed E-state index contributed by atoms with van der Waals surface area (Å²) >= 11 is 0. The second-order valence-electron chi connectivity index (χ2n) is 8.25. The maximum Gasteiger partial charge on any atom is 0.238 e. The molecule has 3 aliphatic rings. The third kappa shape index (κ3) is 6.57. The molecule has 2 amide bonds. The number of rotatable bonds is 5. The predicted molar refractivity (Wildman–Crippen MR) is 120 cm³/mol. The highest BCUT2D eigenvalue weighted by molar-refractivity contribution is 5.92. The Balaban J connectivity index is 0.00000150. The maximum absolute atomic E-state index is 12.7. The van der Waals surface area contributed by atoms with Crippen LogP contribution >= 0.6 is 24.8 Å². The van der Waals surface area contributed by atoms with Gasteiger partial charge in [-0.05, 0) is 43.7 Å². The van der Waals surface area contributed by atoms with E-state index >= 15 is 0 Å². The molecule has 0 saturated carbocycles. The van der Waals surface area contributed by atoms with Crippen molar-refractivity contribution in [1.29, 1.82) is 0 Å². The Hall–Kier alpha value is -1.34. The topological polar surface area (TPSA) is 64.7 Å². The number of para-hydroxylation sites is 1. The Morgan fingerprint density at radius 1 is 0.966 bits per heavy atom. The molecule has 3 fully saturated rings. The van der Waals surface area contributed by atoms with E-state index in [4.69, 9.17) is 0 Å². The minimum atomic E-state index is 0. The number of benzene rings is 1. The minimum Gasteiger partial charge on any atom is -0.340 e. The fourth-order valence-corrected chi connectivity index (χ4v) is 4.80. The number of fused-ring (bicyclic) bond motifs is 2. The summed E-state index contributed by atoms with van der Waals surface area (Å²) in [5.74, 6) is 0.853. The highest BCUT2D eigenvalue weighted by Crippen LogP contribution is 2.33. The van der Waals surface area contributed by atoms with E-state index in [1.807, 2.05) is 35.2 Å². The third-order valence-electron chi connectivity index (χ3n) is 6.18. The fraction of sp³-hybridized carbons (Fsp3) is 0.619. The average Bonchev–Trinajstić information content (AvgIpc) is 3.01. The van der Waals surface area contributed by atoms with Gasteiger partial charge in [-0.15, -0.1) is 24.8 Å². The Morgan fingerprint density at radius 2 is 1.59 bits per heavy atom. The molecule has 29 heavy (non-hydrogen) atoms. The monoisotopic (exact) mass is 442 g/mol. The van der Waals surface area contributed by atoms with Crippen molar-refractivity contribution in [3.8, 4) is 0 Å². The summed E-state index contributed by atoms with van der Waals surface area (Å²) in [5, 5.41) is 6.57. The van der Waals surface area contributed by atoms with Crippen molar-refractivity contribution in [2.24, 2.45) is 5.92 Å². The maximum atomic E-state index is 12.7. The van der Waals surface area contributed by atoms with Crippen LogP contribution in [0.1, 0.15) is 32.1 Å². The van der Waals surface area contributed by atoms with Gasteiger partial charge in [-0.2, -0.15) is 0 Å². The number of nitrogens with one attached hydrogen (secondary N) is 2. The first-order valence-corrected chi connectivity index (χ1v) is 10.3. The minimum absolute atomic E-state index is 0. The molecule has 162 valence electrons. The zero-order chi connectivity index (χ0) is 18.6. The van der Waals surface area contributed by atoms with Crippen LogP contribution in [-0.4, -0.2) is 66.4 Å². The van der Waals surface area contributed by atoms with E-state index in [1.165, 1.54) is 12.8 Å². The first kappa shape index (κ1) is 23.9. The zero-order valence-electron chi connectivity index (χ0n) is 16.7. The van der Waals surface area contributed by atoms with E-state index in [9.17, 15) is 9.59 Å². The SMILES string of the molecule is Cl.Cl.O=C(CN1CCN(C(=O)CC2CC3CCC(C2)N3)CC1)Nc1ccccc1. The van der Waals surface area contributed by atoms with Crippen molar-refractivity contribution in [3.05, 3.63) is 30.3 Å². The van der Waals surface area contributed by atoms with E-state index in [2.05, 4.69) is 15.5 Å². The molecule has 2 unspecified atom stereocenters. The molecular formula is C21H32Cl2N4O2. The Bertz CT molecular complexity index is 656. The van der Waals surface area contributed by atoms with Gasteiger partial charge < -0.3 is 15.5 Å². The van der Waals surface area contributed by atoms with Crippen molar-refractivity contribution < 1.29 is 9.59 Å². The van der Waals surface area contributed by atoms with Crippen LogP contribution < -0.4 is 10.6 Å². The van der Waals surface area contributed by atoms with Gasteiger partial charge in [-0.25, -0.2) is 0 Å². The molecule has 2 atom stereocenters. The van der Waals surface area contributed by atoms with Gasteiger partial charge in [0.2, 0.25) is 11.8 Å². The lowest BCUT2D eigenvalue weighted by Crippen LogP contribution is -2.51. The molecule has 3 saturated heterocycles. The fourth-order valence-electron chi connectivity index (χ4n) is 4.80. The van der Waals surface area contributed by atoms with E-state index in [-0.39, 0.29) is 30.7 Å². The van der Waals surface area contributed by atoms with Gasteiger partial charge in [0.15, 0.2) is 0 Å². The number of nitrogens with zero attached hydrogens (tertiary/aromatic N) is 2. The number of halogens is 2. The lowest BCUT2D eigenvalue weighted by molar-refractivity contribution is -0.134. The molecule has 0 spiro atoms. The summed E-state index contributed by atoms with van der Waals surface area (Å²) in [6.07, 6.45) is 5.56. The Morgan fingerprint density at radius 3 is 2.21 bits per heavy atom. The molecule has 2 bridgehead atoms. The number of piperazine rings is 1. The summed E-state index contributed by atoms with van der Waals surface area (Å²) in [4.78, 5) is 29.0. The van der Waals surface area contributed by atoms with E-state index < -0.39 is 0 Å². The zero-order valence-corrected chi connectivity index (χ0v) is 18.4. The first-order chi connectivity index (χ1) is 13.2. The summed E-state index contributed by atoms with van der Waals surface area (Å²) < 4.78 is 0. The van der Waals surface area contributed by atoms with Gasteiger partial charge in [0.05, 0.1) is 6.54 Å². The second-order valence-corrected chi connectivity index (χ2v) is 8.25. The number of carbonyl (C=O) groups is 2. The summed E-state index contributed by atoms with van der Waals surface area (Å²) in [5.41, 5.74) is 0.826. The van der Waals surface area contributed by atoms with Gasteiger partial charge in [-0.3, -0.25) is 14.5 Å². The molecule has 1 aromatic carbocycles. The van der Waals surface area contributed by atoms with Crippen LogP contribution in [-0.2, 0) is 9.59 Å². The van der Waals surface area contributed by atoms with Crippen LogP contribution in [0, 0.1) is 5.92 Å². The molecule has 3 heterocycles. The van der Waals surface area contributed by atoms with Crippen molar-refractivity contribution in [2.45, 2.75) is 44.2 Å². The van der Waals surface area contributed by atoms with Crippen LogP contribution in [0.3, 0.4) is 0 Å². The van der Waals surface area contributed by atoms with Gasteiger partial charge in [0, 0.05) is 50.4 Å². The molecule has 0 aromatic heterocycles. The Labute approximate surface area is 185 Å². The molecule has 8 heteroatoms. The molecule has 2 N–H and O–H groups in total. The van der Waals surface area contributed by atoms with Crippen LogP contribution in [0.4, 0.5) is 5.69 Å². The highest BCUT2D eigenvalue weighted by atomic mass is 35.5. The molecule has 1 aromatic rings. The summed E-state index contributed by atoms with van der Waals surface area (Å²) in [7, 11) is 0. The van der Waals surface area contributed by atoms with Gasteiger partial charge in [0.1, 0.15) is 0 Å². The standard InChI is InChI=1S/C21H30N4O2.2ClH/c26-20(23-17-4-2-1-3-5-17)15-24-8-10-25(11-9-24)21(27)14-16-12-18-6-7-19(13-16)22-18;;/h1-5,16,18-19,22H,6-15H2,(H,23,26);2*1H. The van der Waals surface area contributed by atoms with Gasteiger partial charge >= 0.3 is 0 Å². The van der Waals surface area contributed by atoms with E-state index in [1.54, 1.807) is 0 Å². The van der Waals surface area contributed by atoms with Crippen molar-refractivity contribution in [2.75, 3.05) is 38.0 Å².